The number of nitrogens with two attached hydrogens (primary N) is 1. The molecule has 2 aromatic rings. The van der Waals surface area contributed by atoms with E-state index in [9.17, 15) is 26.4 Å². The highest BCUT2D eigenvalue weighted by molar-refractivity contribution is 7.92. The van der Waals surface area contributed by atoms with Gasteiger partial charge >= 0.3 is 6.36 Å². The molecule has 2 rings (SSSR count). The molecule has 2 aromatic carbocycles. The first kappa shape index (κ1) is 17.6. The Morgan fingerprint density at radius 2 is 1.75 bits per heavy atom. The van der Waals surface area contributed by atoms with Gasteiger partial charge in [-0.3, -0.25) is 9.52 Å². The van der Waals surface area contributed by atoms with Crippen LogP contribution < -0.4 is 15.2 Å². The van der Waals surface area contributed by atoms with Crippen LogP contribution in [0.5, 0.6) is 5.75 Å². The number of hydrogen-bond acceptors (Lipinski definition) is 4. The van der Waals surface area contributed by atoms with Crippen molar-refractivity contribution in [2.45, 2.75) is 11.3 Å². The van der Waals surface area contributed by atoms with E-state index in [1.54, 1.807) is 0 Å². The molecule has 1 amide bonds. The van der Waals surface area contributed by atoms with E-state index < -0.39 is 32.9 Å². The average molecular weight is 360 g/mol. The molecular formula is C14H11F3N2O4S. The fourth-order valence-electron chi connectivity index (χ4n) is 1.79. The van der Waals surface area contributed by atoms with Crippen molar-refractivity contribution in [3.05, 3.63) is 54.1 Å². The van der Waals surface area contributed by atoms with E-state index in [1.807, 2.05) is 0 Å². The maximum atomic E-state index is 12.2. The van der Waals surface area contributed by atoms with Gasteiger partial charge in [-0.05, 0) is 30.3 Å². The number of sulfonamides is 1. The SMILES string of the molecule is NC(=O)c1cccc(NS(=O)(=O)c2cccc(OC(F)(F)F)c2)c1. The number of anilines is 1. The number of ether oxygens (including phenoxy) is 1. The predicted molar refractivity (Wildman–Crippen MR) is 78.9 cm³/mol. The average Bonchev–Trinajstić information content (AvgIpc) is 2.45. The summed E-state index contributed by atoms with van der Waals surface area (Å²) < 4.78 is 66.9. The number of alkyl halides is 3. The van der Waals surface area contributed by atoms with Crippen molar-refractivity contribution in [2.24, 2.45) is 5.73 Å². The Morgan fingerprint density at radius 1 is 1.08 bits per heavy atom. The van der Waals surface area contributed by atoms with E-state index >= 15 is 0 Å². The molecule has 3 N–H and O–H groups in total. The second kappa shape index (κ2) is 6.40. The Hall–Kier alpha value is -2.75. The number of carbonyl (C=O) groups is 1. The zero-order valence-corrected chi connectivity index (χ0v) is 12.7. The molecule has 128 valence electrons. The lowest BCUT2D eigenvalue weighted by molar-refractivity contribution is -0.274. The lowest BCUT2D eigenvalue weighted by Gasteiger charge is -2.12. The molecule has 0 saturated carbocycles. The first-order chi connectivity index (χ1) is 11.1. The molecule has 0 saturated heterocycles. The largest absolute Gasteiger partial charge is 0.573 e. The Morgan fingerprint density at radius 3 is 2.38 bits per heavy atom. The number of amides is 1. The third-order valence-electron chi connectivity index (χ3n) is 2.75. The Bertz CT molecular complexity index is 866. The first-order valence-electron chi connectivity index (χ1n) is 6.35. The van der Waals surface area contributed by atoms with Crippen LogP contribution in [-0.4, -0.2) is 20.7 Å². The standard InChI is InChI=1S/C14H11F3N2O4S/c15-14(16,17)23-11-5-2-6-12(8-11)24(21,22)19-10-4-1-3-9(7-10)13(18)20/h1-8,19H,(H2,18,20). The Balaban J connectivity index is 2.29. The van der Waals surface area contributed by atoms with E-state index in [2.05, 4.69) is 9.46 Å². The number of rotatable bonds is 5. The number of halogens is 3. The number of carbonyl (C=O) groups excluding carboxylic acids is 1. The van der Waals surface area contributed by atoms with Crippen LogP contribution in [0.25, 0.3) is 0 Å². The lowest BCUT2D eigenvalue weighted by atomic mass is 10.2. The van der Waals surface area contributed by atoms with Gasteiger partial charge in [-0.25, -0.2) is 8.42 Å². The maximum absolute atomic E-state index is 12.2. The van der Waals surface area contributed by atoms with E-state index in [4.69, 9.17) is 5.73 Å². The van der Waals surface area contributed by atoms with Crippen molar-refractivity contribution < 1.29 is 31.1 Å². The van der Waals surface area contributed by atoms with Gasteiger partial charge in [0.1, 0.15) is 5.75 Å². The van der Waals surface area contributed by atoms with Gasteiger partial charge < -0.3 is 10.5 Å². The van der Waals surface area contributed by atoms with E-state index in [0.29, 0.717) is 0 Å². The monoisotopic (exact) mass is 360 g/mol. The Labute approximate surface area is 135 Å². The molecule has 0 aliphatic heterocycles. The van der Waals surface area contributed by atoms with Gasteiger partial charge in [-0.1, -0.05) is 12.1 Å². The van der Waals surface area contributed by atoms with Gasteiger partial charge in [0.15, 0.2) is 0 Å². The van der Waals surface area contributed by atoms with Gasteiger partial charge in [0, 0.05) is 17.3 Å². The molecule has 0 unspecified atom stereocenters. The molecule has 0 fully saturated rings. The first-order valence-corrected chi connectivity index (χ1v) is 7.84. The van der Waals surface area contributed by atoms with Gasteiger partial charge in [0.2, 0.25) is 5.91 Å². The maximum Gasteiger partial charge on any atom is 0.573 e. The van der Waals surface area contributed by atoms with Crippen LogP contribution in [-0.2, 0) is 10.0 Å². The molecule has 0 aliphatic rings. The predicted octanol–water partition coefficient (Wildman–Crippen LogP) is 2.48. The summed E-state index contributed by atoms with van der Waals surface area (Å²) in [6.45, 7) is 0. The minimum absolute atomic E-state index is 0.0356. The van der Waals surface area contributed by atoms with Crippen molar-refractivity contribution in [3.63, 3.8) is 0 Å². The van der Waals surface area contributed by atoms with Crippen molar-refractivity contribution in [1.29, 1.82) is 0 Å². The normalized spacial score (nSPS) is 11.8. The minimum Gasteiger partial charge on any atom is -0.406 e. The zero-order chi connectivity index (χ0) is 18.0. The van der Waals surface area contributed by atoms with Gasteiger partial charge in [0.25, 0.3) is 10.0 Å². The smallest absolute Gasteiger partial charge is 0.406 e. The fourth-order valence-corrected chi connectivity index (χ4v) is 2.87. The molecule has 0 aliphatic carbocycles. The van der Waals surface area contributed by atoms with E-state index in [-0.39, 0.29) is 11.3 Å². The van der Waals surface area contributed by atoms with Gasteiger partial charge in [-0.15, -0.1) is 13.2 Å². The fraction of sp³-hybridized carbons (Fsp3) is 0.0714. The number of benzene rings is 2. The summed E-state index contributed by atoms with van der Waals surface area (Å²) in [4.78, 5) is 10.7. The number of nitrogens with one attached hydrogen (secondary N) is 1. The van der Waals surface area contributed by atoms with Crippen LogP contribution in [0.15, 0.2) is 53.4 Å². The molecule has 0 radical (unpaired) electrons. The molecule has 6 nitrogen and oxygen atoms in total. The third-order valence-corrected chi connectivity index (χ3v) is 4.13. The molecule has 0 spiro atoms. The summed E-state index contributed by atoms with van der Waals surface area (Å²) in [6.07, 6.45) is -4.94. The summed E-state index contributed by atoms with van der Waals surface area (Å²) >= 11 is 0. The minimum atomic E-state index is -4.94. The van der Waals surface area contributed by atoms with Crippen LogP contribution in [0, 0.1) is 0 Å². The topological polar surface area (TPSA) is 98.5 Å². The highest BCUT2D eigenvalue weighted by atomic mass is 32.2. The second-order valence-electron chi connectivity index (χ2n) is 4.57. The zero-order valence-electron chi connectivity index (χ0n) is 11.9. The van der Waals surface area contributed by atoms with Crippen molar-refractivity contribution >= 4 is 21.6 Å². The molecule has 0 atom stereocenters. The highest BCUT2D eigenvalue weighted by Gasteiger charge is 2.31. The summed E-state index contributed by atoms with van der Waals surface area (Å²) in [7, 11) is -4.18. The highest BCUT2D eigenvalue weighted by Crippen LogP contribution is 2.26. The quantitative estimate of drug-likeness (QED) is 0.856. The Kier molecular flexibility index (Phi) is 4.69. The van der Waals surface area contributed by atoms with E-state index in [0.717, 1.165) is 24.3 Å². The van der Waals surface area contributed by atoms with Crippen molar-refractivity contribution in [3.8, 4) is 5.75 Å². The molecule has 0 aromatic heterocycles. The summed E-state index contributed by atoms with van der Waals surface area (Å²) in [5.74, 6) is -1.42. The summed E-state index contributed by atoms with van der Waals surface area (Å²) in [6, 6.07) is 9.27. The molecule has 0 bridgehead atoms. The number of hydrogen-bond donors (Lipinski definition) is 2. The van der Waals surface area contributed by atoms with Crippen LogP contribution in [0.2, 0.25) is 0 Å². The van der Waals surface area contributed by atoms with Crippen LogP contribution in [0.1, 0.15) is 10.4 Å². The van der Waals surface area contributed by atoms with Crippen molar-refractivity contribution in [1.82, 2.24) is 0 Å². The summed E-state index contributed by atoms with van der Waals surface area (Å²) in [5, 5.41) is 0. The van der Waals surface area contributed by atoms with E-state index in [1.165, 1.54) is 24.3 Å². The molecule has 0 heterocycles. The van der Waals surface area contributed by atoms with Gasteiger partial charge in [-0.2, -0.15) is 0 Å². The molecular weight excluding hydrogens is 349 g/mol. The lowest BCUT2D eigenvalue weighted by Crippen LogP contribution is -2.18. The number of primary amides is 1. The molecule has 10 heteroatoms. The summed E-state index contributed by atoms with van der Waals surface area (Å²) in [5.41, 5.74) is 5.21. The van der Waals surface area contributed by atoms with Crippen LogP contribution in [0.4, 0.5) is 18.9 Å². The third kappa shape index (κ3) is 4.62. The molecule has 24 heavy (non-hydrogen) atoms. The van der Waals surface area contributed by atoms with Gasteiger partial charge in [0.05, 0.1) is 4.90 Å². The van der Waals surface area contributed by atoms with Crippen molar-refractivity contribution in [2.75, 3.05) is 4.72 Å². The van der Waals surface area contributed by atoms with Crippen LogP contribution in [0.3, 0.4) is 0 Å². The van der Waals surface area contributed by atoms with Crippen LogP contribution >= 0.6 is 0 Å². The second-order valence-corrected chi connectivity index (χ2v) is 6.26.